The molecule has 1 saturated heterocycles. The predicted octanol–water partition coefficient (Wildman–Crippen LogP) is 1.47. The third kappa shape index (κ3) is 2.70. The van der Waals surface area contributed by atoms with E-state index in [4.69, 9.17) is 4.74 Å². The number of carbonyl (C=O) groups is 2. The van der Waals surface area contributed by atoms with Gasteiger partial charge in [-0.3, -0.25) is 9.59 Å². The Morgan fingerprint density at radius 1 is 1.38 bits per heavy atom. The number of anilines is 1. The van der Waals surface area contributed by atoms with Gasteiger partial charge in [-0.15, -0.1) is 0 Å². The summed E-state index contributed by atoms with van der Waals surface area (Å²) in [6.07, 6.45) is 1.89. The molecule has 21 heavy (non-hydrogen) atoms. The molecule has 1 aliphatic carbocycles. The lowest BCUT2D eigenvalue weighted by Gasteiger charge is -2.32. The largest absolute Gasteiger partial charge is 0.491 e. The molecule has 112 valence electrons. The molecule has 1 N–H and O–H groups in total. The highest BCUT2D eigenvalue weighted by Crippen LogP contribution is 2.35. The van der Waals surface area contributed by atoms with E-state index < -0.39 is 11.9 Å². The molecule has 2 aliphatic rings. The quantitative estimate of drug-likeness (QED) is 0.914. The standard InChI is InChI=1S/C15H17FN2O3/c1-2-21-12-6-5-10(7-11(12)16)18-8-13(19)17-14(15(18)20)9-3-4-9/h5-7,9,14H,2-4,8H2,1H3,(H,17,19). The van der Waals surface area contributed by atoms with Crippen molar-refractivity contribution in [2.45, 2.75) is 25.8 Å². The van der Waals surface area contributed by atoms with Gasteiger partial charge < -0.3 is 15.0 Å². The van der Waals surface area contributed by atoms with Crippen molar-refractivity contribution in [3.05, 3.63) is 24.0 Å². The number of piperazine rings is 1. The summed E-state index contributed by atoms with van der Waals surface area (Å²) in [4.78, 5) is 25.5. The second-order valence-corrected chi connectivity index (χ2v) is 5.35. The van der Waals surface area contributed by atoms with Crippen molar-refractivity contribution in [3.8, 4) is 5.75 Å². The first-order chi connectivity index (χ1) is 10.1. The Morgan fingerprint density at radius 3 is 2.76 bits per heavy atom. The average Bonchev–Trinajstić information content (AvgIpc) is 3.28. The van der Waals surface area contributed by atoms with Crippen LogP contribution in [0.5, 0.6) is 5.75 Å². The highest BCUT2D eigenvalue weighted by atomic mass is 19.1. The molecule has 0 bridgehead atoms. The summed E-state index contributed by atoms with van der Waals surface area (Å²) >= 11 is 0. The summed E-state index contributed by atoms with van der Waals surface area (Å²) in [6, 6.07) is 3.86. The van der Waals surface area contributed by atoms with Crippen molar-refractivity contribution >= 4 is 17.5 Å². The minimum atomic E-state index is -0.531. The molecular weight excluding hydrogens is 275 g/mol. The van der Waals surface area contributed by atoms with E-state index in [9.17, 15) is 14.0 Å². The summed E-state index contributed by atoms with van der Waals surface area (Å²) in [7, 11) is 0. The van der Waals surface area contributed by atoms with E-state index in [1.165, 1.54) is 17.0 Å². The van der Waals surface area contributed by atoms with Crippen molar-refractivity contribution in [3.63, 3.8) is 0 Å². The van der Waals surface area contributed by atoms with Gasteiger partial charge >= 0.3 is 0 Å². The van der Waals surface area contributed by atoms with E-state index in [1.807, 2.05) is 0 Å². The molecule has 5 nitrogen and oxygen atoms in total. The summed E-state index contributed by atoms with van der Waals surface area (Å²) < 4.78 is 19.1. The van der Waals surface area contributed by atoms with E-state index in [1.54, 1.807) is 13.0 Å². The van der Waals surface area contributed by atoms with Crippen LogP contribution < -0.4 is 15.0 Å². The highest BCUT2D eigenvalue weighted by molar-refractivity contribution is 6.06. The number of benzene rings is 1. The van der Waals surface area contributed by atoms with Crippen molar-refractivity contribution in [1.82, 2.24) is 5.32 Å². The van der Waals surface area contributed by atoms with Crippen LogP contribution in [0.15, 0.2) is 18.2 Å². The van der Waals surface area contributed by atoms with Gasteiger partial charge in [0.05, 0.1) is 6.61 Å². The monoisotopic (exact) mass is 292 g/mol. The van der Waals surface area contributed by atoms with Crippen molar-refractivity contribution in [2.75, 3.05) is 18.1 Å². The van der Waals surface area contributed by atoms with Crippen LogP contribution in [0.3, 0.4) is 0 Å². The van der Waals surface area contributed by atoms with Gasteiger partial charge in [-0.25, -0.2) is 4.39 Å². The lowest BCUT2D eigenvalue weighted by atomic mass is 10.1. The predicted molar refractivity (Wildman–Crippen MR) is 74.6 cm³/mol. The number of carbonyl (C=O) groups excluding carboxylic acids is 2. The molecule has 1 aromatic carbocycles. The van der Waals surface area contributed by atoms with Gasteiger partial charge in [0.2, 0.25) is 11.8 Å². The molecule has 2 fully saturated rings. The van der Waals surface area contributed by atoms with E-state index in [0.717, 1.165) is 12.8 Å². The van der Waals surface area contributed by atoms with Gasteiger partial charge in [-0.1, -0.05) is 0 Å². The van der Waals surface area contributed by atoms with Gasteiger partial charge in [0.1, 0.15) is 12.6 Å². The minimum Gasteiger partial charge on any atom is -0.491 e. The van der Waals surface area contributed by atoms with Crippen LogP contribution in [-0.2, 0) is 9.59 Å². The zero-order chi connectivity index (χ0) is 15.0. The first-order valence-corrected chi connectivity index (χ1v) is 7.13. The fraction of sp³-hybridized carbons (Fsp3) is 0.467. The first kappa shape index (κ1) is 13.9. The van der Waals surface area contributed by atoms with Gasteiger partial charge in [-0.05, 0) is 37.8 Å². The van der Waals surface area contributed by atoms with Crippen molar-refractivity contribution in [2.24, 2.45) is 5.92 Å². The van der Waals surface area contributed by atoms with Crippen LogP contribution in [-0.4, -0.2) is 31.0 Å². The minimum absolute atomic E-state index is 0.0739. The Morgan fingerprint density at radius 2 is 2.14 bits per heavy atom. The molecule has 1 unspecified atom stereocenters. The van der Waals surface area contributed by atoms with E-state index >= 15 is 0 Å². The molecule has 2 amide bonds. The van der Waals surface area contributed by atoms with E-state index in [-0.39, 0.29) is 30.0 Å². The lowest BCUT2D eigenvalue weighted by molar-refractivity contribution is -0.131. The number of nitrogens with zero attached hydrogens (tertiary/aromatic N) is 1. The molecule has 0 spiro atoms. The maximum atomic E-state index is 13.9. The van der Waals surface area contributed by atoms with Gasteiger partial charge in [0.25, 0.3) is 0 Å². The Balaban J connectivity index is 1.85. The molecule has 1 saturated carbocycles. The zero-order valence-corrected chi connectivity index (χ0v) is 11.8. The molecule has 1 aliphatic heterocycles. The van der Waals surface area contributed by atoms with Crippen molar-refractivity contribution < 1.29 is 18.7 Å². The SMILES string of the molecule is CCOc1ccc(N2CC(=O)NC(C3CC3)C2=O)cc1F. The van der Waals surface area contributed by atoms with Crippen LogP contribution in [0.25, 0.3) is 0 Å². The summed E-state index contributed by atoms with van der Waals surface area (Å²) in [5, 5.41) is 2.73. The summed E-state index contributed by atoms with van der Waals surface area (Å²) in [5.74, 6) is -0.539. The Hall–Kier alpha value is -2.11. The molecule has 3 rings (SSSR count). The van der Waals surface area contributed by atoms with Crippen LogP contribution in [0.4, 0.5) is 10.1 Å². The normalized spacial score (nSPS) is 22.2. The second kappa shape index (κ2) is 5.35. The Bertz CT molecular complexity index is 586. The smallest absolute Gasteiger partial charge is 0.250 e. The number of nitrogens with one attached hydrogen (secondary N) is 1. The third-order valence-electron chi connectivity index (χ3n) is 3.77. The van der Waals surface area contributed by atoms with Gasteiger partial charge in [0, 0.05) is 11.8 Å². The number of halogens is 1. The maximum Gasteiger partial charge on any atom is 0.250 e. The fourth-order valence-corrected chi connectivity index (χ4v) is 2.57. The Kier molecular flexibility index (Phi) is 3.53. The molecule has 0 aromatic heterocycles. The molecule has 1 heterocycles. The third-order valence-corrected chi connectivity index (χ3v) is 3.77. The maximum absolute atomic E-state index is 13.9. The van der Waals surface area contributed by atoms with Crippen LogP contribution in [0.2, 0.25) is 0 Å². The van der Waals surface area contributed by atoms with Crippen LogP contribution in [0, 0.1) is 11.7 Å². The van der Waals surface area contributed by atoms with Crippen LogP contribution >= 0.6 is 0 Å². The first-order valence-electron chi connectivity index (χ1n) is 7.13. The molecule has 6 heteroatoms. The molecule has 1 aromatic rings. The lowest BCUT2D eigenvalue weighted by Crippen LogP contribution is -2.59. The fourth-order valence-electron chi connectivity index (χ4n) is 2.57. The number of amides is 2. The van der Waals surface area contributed by atoms with Gasteiger partial charge in [0.15, 0.2) is 11.6 Å². The van der Waals surface area contributed by atoms with Crippen molar-refractivity contribution in [1.29, 1.82) is 0 Å². The number of ether oxygens (including phenoxy) is 1. The number of hydrogen-bond acceptors (Lipinski definition) is 3. The highest BCUT2D eigenvalue weighted by Gasteiger charge is 2.43. The summed E-state index contributed by atoms with van der Waals surface area (Å²) in [5.41, 5.74) is 0.390. The van der Waals surface area contributed by atoms with E-state index in [0.29, 0.717) is 12.3 Å². The topological polar surface area (TPSA) is 58.6 Å². The number of rotatable bonds is 4. The molecular formula is C15H17FN2O3. The zero-order valence-electron chi connectivity index (χ0n) is 11.8. The summed E-state index contributed by atoms with van der Waals surface area (Å²) in [6.45, 7) is 2.06. The van der Waals surface area contributed by atoms with Crippen LogP contribution in [0.1, 0.15) is 19.8 Å². The molecule has 0 radical (unpaired) electrons. The Labute approximate surface area is 122 Å². The van der Waals surface area contributed by atoms with E-state index in [2.05, 4.69) is 5.32 Å². The average molecular weight is 292 g/mol. The second-order valence-electron chi connectivity index (χ2n) is 5.35. The molecule has 1 atom stereocenters. The number of hydrogen-bond donors (Lipinski definition) is 1. The van der Waals surface area contributed by atoms with Gasteiger partial charge in [-0.2, -0.15) is 0 Å².